The highest BCUT2D eigenvalue weighted by Crippen LogP contribution is 1.87. The smallest absolute Gasteiger partial charge is 0.317 e. The van der Waals surface area contributed by atoms with Gasteiger partial charge in [-0.15, -0.1) is 0 Å². The molecule has 0 aromatic rings. The van der Waals surface area contributed by atoms with Crippen molar-refractivity contribution in [3.8, 4) is 0 Å². The lowest BCUT2D eigenvalue weighted by Crippen LogP contribution is -2.40. The summed E-state index contributed by atoms with van der Waals surface area (Å²) in [5, 5.41) is 36.6. The molecule has 8 heteroatoms. The van der Waals surface area contributed by atoms with Gasteiger partial charge in [-0.3, -0.25) is 14.5 Å². The van der Waals surface area contributed by atoms with Crippen molar-refractivity contribution in [2.45, 2.75) is 6.29 Å². The molecule has 0 aliphatic heterocycles. The third-order valence-electron chi connectivity index (χ3n) is 1.65. The van der Waals surface area contributed by atoms with E-state index in [2.05, 4.69) is 5.32 Å². The third-order valence-corrected chi connectivity index (χ3v) is 1.65. The van der Waals surface area contributed by atoms with E-state index < -0.39 is 18.2 Å². The minimum absolute atomic E-state index is 0.0476. The minimum Gasteiger partial charge on any atom is -0.480 e. The van der Waals surface area contributed by atoms with Crippen LogP contribution in [0.5, 0.6) is 0 Å². The van der Waals surface area contributed by atoms with Gasteiger partial charge in [-0.1, -0.05) is 0 Å². The second kappa shape index (κ2) is 7.99. The number of aliphatic hydroxyl groups excluding tert-OH is 1. The van der Waals surface area contributed by atoms with Gasteiger partial charge < -0.3 is 25.7 Å². The van der Waals surface area contributed by atoms with E-state index in [9.17, 15) is 9.59 Å². The number of aliphatic carboxylic acids is 2. The second-order valence-electron chi connectivity index (χ2n) is 3.18. The average Bonchev–Trinajstić information content (AvgIpc) is 2.09. The molecule has 0 aromatic carbocycles. The fourth-order valence-corrected chi connectivity index (χ4v) is 1.06. The summed E-state index contributed by atoms with van der Waals surface area (Å²) in [6.07, 6.45) is -1.48. The zero-order valence-corrected chi connectivity index (χ0v) is 8.67. The highest BCUT2D eigenvalue weighted by molar-refractivity contribution is 5.72. The van der Waals surface area contributed by atoms with Crippen LogP contribution < -0.4 is 5.32 Å². The van der Waals surface area contributed by atoms with E-state index in [1.807, 2.05) is 0 Å². The molecule has 0 atom stereocenters. The van der Waals surface area contributed by atoms with Crippen molar-refractivity contribution in [3.63, 3.8) is 0 Å². The van der Waals surface area contributed by atoms with Gasteiger partial charge in [-0.25, -0.2) is 0 Å². The molecular weight excluding hydrogens is 220 g/mol. The van der Waals surface area contributed by atoms with Crippen molar-refractivity contribution in [3.05, 3.63) is 0 Å². The summed E-state index contributed by atoms with van der Waals surface area (Å²) in [6.45, 7) is -0.303. The lowest BCUT2D eigenvalue weighted by Gasteiger charge is -2.18. The molecule has 0 aliphatic carbocycles. The largest absolute Gasteiger partial charge is 0.480 e. The average molecular weight is 236 g/mol. The molecule has 94 valence electrons. The van der Waals surface area contributed by atoms with Gasteiger partial charge in [-0.05, 0) is 0 Å². The first-order valence-corrected chi connectivity index (χ1v) is 4.64. The number of carboxylic acids is 2. The summed E-state index contributed by atoms with van der Waals surface area (Å²) in [5.74, 6) is -2.22. The van der Waals surface area contributed by atoms with Crippen molar-refractivity contribution >= 4 is 11.9 Å². The zero-order chi connectivity index (χ0) is 12.6. The van der Waals surface area contributed by atoms with Crippen LogP contribution in [0.2, 0.25) is 0 Å². The Kier molecular flexibility index (Phi) is 7.38. The summed E-state index contributed by atoms with van der Waals surface area (Å²) in [7, 11) is 0. The normalized spacial score (nSPS) is 11.0. The molecule has 0 aromatic heterocycles. The first-order chi connectivity index (χ1) is 7.41. The number of carbonyl (C=O) groups is 2. The number of nitrogens with one attached hydrogen (secondary N) is 1. The molecule has 0 fully saturated rings. The Bertz CT molecular complexity index is 217. The number of nitrogens with zero attached hydrogens (tertiary/aromatic N) is 1. The van der Waals surface area contributed by atoms with E-state index >= 15 is 0 Å². The molecule has 0 saturated carbocycles. The first kappa shape index (κ1) is 14.8. The Hall–Kier alpha value is -1.22. The van der Waals surface area contributed by atoms with Gasteiger partial charge in [0.05, 0.1) is 13.1 Å². The topological polar surface area (TPSA) is 130 Å². The van der Waals surface area contributed by atoms with Crippen LogP contribution in [0.1, 0.15) is 0 Å². The van der Waals surface area contributed by atoms with Gasteiger partial charge in [0.1, 0.15) is 0 Å². The van der Waals surface area contributed by atoms with E-state index in [1.165, 1.54) is 4.90 Å². The number of rotatable bonds is 9. The molecule has 0 saturated heterocycles. The summed E-state index contributed by atoms with van der Waals surface area (Å²) < 4.78 is 0. The molecule has 16 heavy (non-hydrogen) atoms. The highest BCUT2D eigenvalue weighted by Gasteiger charge is 2.12. The van der Waals surface area contributed by atoms with E-state index in [-0.39, 0.29) is 32.7 Å². The lowest BCUT2D eigenvalue weighted by molar-refractivity contribution is -0.141. The van der Waals surface area contributed by atoms with Crippen molar-refractivity contribution in [1.82, 2.24) is 10.2 Å². The van der Waals surface area contributed by atoms with E-state index in [0.717, 1.165) is 0 Å². The van der Waals surface area contributed by atoms with Gasteiger partial charge in [0.25, 0.3) is 0 Å². The van der Waals surface area contributed by atoms with Crippen LogP contribution in [0.3, 0.4) is 0 Å². The Labute approximate surface area is 92.1 Å². The van der Waals surface area contributed by atoms with Gasteiger partial charge >= 0.3 is 11.9 Å². The van der Waals surface area contributed by atoms with Crippen LogP contribution in [0.4, 0.5) is 0 Å². The van der Waals surface area contributed by atoms with Crippen LogP contribution in [0.25, 0.3) is 0 Å². The van der Waals surface area contributed by atoms with Crippen molar-refractivity contribution in [2.75, 3.05) is 32.7 Å². The summed E-state index contributed by atoms with van der Waals surface area (Å²) >= 11 is 0. The Morgan fingerprint density at radius 2 is 1.62 bits per heavy atom. The number of hydrogen-bond donors (Lipinski definition) is 5. The number of hydrogen-bond acceptors (Lipinski definition) is 6. The summed E-state index contributed by atoms with van der Waals surface area (Å²) in [4.78, 5) is 22.0. The highest BCUT2D eigenvalue weighted by atomic mass is 16.5. The molecule has 0 radical (unpaired) electrons. The van der Waals surface area contributed by atoms with Gasteiger partial charge in [0.2, 0.25) is 0 Å². The van der Waals surface area contributed by atoms with E-state index in [1.54, 1.807) is 0 Å². The molecule has 0 unspecified atom stereocenters. The molecule has 0 amide bonds. The predicted molar refractivity (Wildman–Crippen MR) is 52.8 cm³/mol. The fraction of sp³-hybridized carbons (Fsp3) is 0.750. The molecule has 8 nitrogen and oxygen atoms in total. The van der Waals surface area contributed by atoms with Crippen LogP contribution in [-0.2, 0) is 9.59 Å². The first-order valence-electron chi connectivity index (χ1n) is 4.64. The fourth-order valence-electron chi connectivity index (χ4n) is 1.06. The molecule has 0 spiro atoms. The quantitative estimate of drug-likeness (QED) is 0.217. The van der Waals surface area contributed by atoms with Gasteiger partial charge in [0, 0.05) is 19.6 Å². The van der Waals surface area contributed by atoms with Crippen molar-refractivity contribution in [2.24, 2.45) is 0 Å². The monoisotopic (exact) mass is 236 g/mol. The predicted octanol–water partition coefficient (Wildman–Crippen LogP) is -2.64. The third kappa shape index (κ3) is 9.34. The summed E-state index contributed by atoms with van der Waals surface area (Å²) in [5.41, 5.74) is 0. The Morgan fingerprint density at radius 3 is 2.00 bits per heavy atom. The van der Waals surface area contributed by atoms with Crippen LogP contribution in [0.15, 0.2) is 0 Å². The standard InChI is InChI=1S/C8H16N2O6/c11-6(12)3-9-1-2-10(4-7(13)14)5-8(15)16/h6,9,11-12H,1-5H2,(H,13,14)(H,15,16). The van der Waals surface area contributed by atoms with Crippen LogP contribution in [-0.4, -0.2) is 76.3 Å². The molecular formula is C8H16N2O6. The van der Waals surface area contributed by atoms with E-state index in [0.29, 0.717) is 0 Å². The maximum atomic E-state index is 10.4. The second-order valence-corrected chi connectivity index (χ2v) is 3.18. The summed E-state index contributed by atoms with van der Waals surface area (Å²) in [6, 6.07) is 0. The van der Waals surface area contributed by atoms with Gasteiger partial charge in [-0.2, -0.15) is 0 Å². The Morgan fingerprint density at radius 1 is 1.12 bits per heavy atom. The van der Waals surface area contributed by atoms with Gasteiger partial charge in [0.15, 0.2) is 6.29 Å². The van der Waals surface area contributed by atoms with E-state index in [4.69, 9.17) is 20.4 Å². The maximum absolute atomic E-state index is 10.4. The maximum Gasteiger partial charge on any atom is 0.317 e. The molecule has 0 aliphatic rings. The Balaban J connectivity index is 3.82. The molecule has 0 heterocycles. The zero-order valence-electron chi connectivity index (χ0n) is 8.67. The SMILES string of the molecule is O=C(O)CN(CCNCC(O)O)CC(=O)O. The lowest BCUT2D eigenvalue weighted by atomic mass is 10.4. The van der Waals surface area contributed by atoms with Crippen molar-refractivity contribution < 1.29 is 30.0 Å². The number of aliphatic hydroxyl groups is 2. The molecule has 5 N–H and O–H groups in total. The molecule has 0 rings (SSSR count). The van der Waals surface area contributed by atoms with Crippen LogP contribution in [0, 0.1) is 0 Å². The van der Waals surface area contributed by atoms with Crippen LogP contribution >= 0.6 is 0 Å². The molecule has 0 bridgehead atoms. The van der Waals surface area contributed by atoms with Crippen molar-refractivity contribution in [1.29, 1.82) is 0 Å². The number of carboxylic acid groups (broad SMARTS) is 2. The minimum atomic E-state index is -1.48.